The predicted molar refractivity (Wildman–Crippen MR) is 78.1 cm³/mol. The van der Waals surface area contributed by atoms with Gasteiger partial charge >= 0.3 is 0 Å². The van der Waals surface area contributed by atoms with E-state index in [1.807, 2.05) is 6.07 Å². The zero-order chi connectivity index (χ0) is 13.5. The van der Waals surface area contributed by atoms with Crippen LogP contribution in [-0.4, -0.2) is 26.8 Å². The zero-order valence-corrected chi connectivity index (χ0v) is 12.1. The van der Waals surface area contributed by atoms with Crippen LogP contribution < -0.4 is 14.8 Å². The Morgan fingerprint density at radius 2 is 1.95 bits per heavy atom. The van der Waals surface area contributed by atoms with E-state index < -0.39 is 0 Å². The van der Waals surface area contributed by atoms with Crippen LogP contribution in [0.15, 0.2) is 18.2 Å². The van der Waals surface area contributed by atoms with E-state index in [0.29, 0.717) is 6.04 Å². The van der Waals surface area contributed by atoms with Crippen LogP contribution in [0.25, 0.3) is 0 Å². The van der Waals surface area contributed by atoms with Gasteiger partial charge in [-0.25, -0.2) is 0 Å². The third kappa shape index (κ3) is 4.13. The number of hydrogen-bond acceptors (Lipinski definition) is 3. The van der Waals surface area contributed by atoms with Crippen molar-refractivity contribution in [2.75, 3.05) is 20.8 Å². The minimum Gasteiger partial charge on any atom is -0.493 e. The number of benzene rings is 1. The van der Waals surface area contributed by atoms with Gasteiger partial charge in [-0.1, -0.05) is 18.9 Å². The number of rotatable bonds is 5. The van der Waals surface area contributed by atoms with E-state index in [4.69, 9.17) is 9.47 Å². The van der Waals surface area contributed by atoms with Crippen LogP contribution in [0, 0.1) is 0 Å². The van der Waals surface area contributed by atoms with Crippen molar-refractivity contribution < 1.29 is 9.47 Å². The molecule has 1 aromatic carbocycles. The van der Waals surface area contributed by atoms with Gasteiger partial charge in [0.2, 0.25) is 0 Å². The van der Waals surface area contributed by atoms with E-state index in [-0.39, 0.29) is 0 Å². The Labute approximate surface area is 116 Å². The maximum Gasteiger partial charge on any atom is 0.160 e. The van der Waals surface area contributed by atoms with E-state index in [0.717, 1.165) is 17.9 Å². The molecule has 1 fully saturated rings. The lowest BCUT2D eigenvalue weighted by Crippen LogP contribution is -2.28. The molecule has 1 aliphatic heterocycles. The maximum absolute atomic E-state index is 5.35. The van der Waals surface area contributed by atoms with Gasteiger partial charge in [-0.15, -0.1) is 0 Å². The summed E-state index contributed by atoms with van der Waals surface area (Å²) in [4.78, 5) is 0. The number of nitrogens with one attached hydrogen (secondary N) is 1. The van der Waals surface area contributed by atoms with Gasteiger partial charge in [-0.2, -0.15) is 0 Å². The second-order valence-electron chi connectivity index (χ2n) is 5.23. The van der Waals surface area contributed by atoms with Crippen molar-refractivity contribution in [1.29, 1.82) is 0 Å². The molecule has 0 radical (unpaired) electrons. The van der Waals surface area contributed by atoms with Gasteiger partial charge in [0.25, 0.3) is 0 Å². The lowest BCUT2D eigenvalue weighted by molar-refractivity contribution is 0.354. The maximum atomic E-state index is 5.35. The standard InChI is InChI=1S/C16H25NO2/c1-18-15-10-8-13(12-16(15)19-2)7-9-14-6-4-3-5-11-17-14/h8,10,12,14,17H,3-7,9,11H2,1-2H3. The Morgan fingerprint density at radius 1 is 1.11 bits per heavy atom. The molecule has 1 unspecified atom stereocenters. The Bertz CT molecular complexity index is 384. The minimum atomic E-state index is 0.676. The molecule has 0 aliphatic carbocycles. The average Bonchev–Trinajstić information content (AvgIpc) is 2.73. The van der Waals surface area contributed by atoms with E-state index >= 15 is 0 Å². The number of methoxy groups -OCH3 is 2. The van der Waals surface area contributed by atoms with Gasteiger partial charge in [-0.05, 0) is 49.9 Å². The first-order valence-electron chi connectivity index (χ1n) is 7.28. The lowest BCUT2D eigenvalue weighted by atomic mass is 10.0. The third-order valence-electron chi connectivity index (χ3n) is 3.89. The van der Waals surface area contributed by atoms with Gasteiger partial charge < -0.3 is 14.8 Å². The summed E-state index contributed by atoms with van der Waals surface area (Å²) in [5.41, 5.74) is 1.32. The van der Waals surface area contributed by atoms with Gasteiger partial charge in [0, 0.05) is 6.04 Å². The molecular weight excluding hydrogens is 238 g/mol. The molecule has 0 aromatic heterocycles. The van der Waals surface area contributed by atoms with E-state index in [1.54, 1.807) is 14.2 Å². The molecule has 106 valence electrons. The fourth-order valence-corrected chi connectivity index (χ4v) is 2.72. The molecule has 3 heteroatoms. The summed E-state index contributed by atoms with van der Waals surface area (Å²) in [7, 11) is 3.36. The topological polar surface area (TPSA) is 30.5 Å². The quantitative estimate of drug-likeness (QED) is 0.885. The first-order valence-corrected chi connectivity index (χ1v) is 7.28. The van der Waals surface area contributed by atoms with Crippen LogP contribution in [0.4, 0.5) is 0 Å². The predicted octanol–water partition coefficient (Wildman–Crippen LogP) is 3.17. The van der Waals surface area contributed by atoms with Crippen LogP contribution in [0.5, 0.6) is 11.5 Å². The second-order valence-corrected chi connectivity index (χ2v) is 5.23. The highest BCUT2D eigenvalue weighted by Crippen LogP contribution is 2.28. The van der Waals surface area contributed by atoms with Gasteiger partial charge in [-0.3, -0.25) is 0 Å². The van der Waals surface area contributed by atoms with Gasteiger partial charge in [0.05, 0.1) is 14.2 Å². The molecule has 1 aromatic rings. The number of hydrogen-bond donors (Lipinski definition) is 1. The van der Waals surface area contributed by atoms with Crippen LogP contribution in [0.1, 0.15) is 37.7 Å². The first kappa shape index (κ1) is 14.2. The molecule has 1 N–H and O–H groups in total. The van der Waals surface area contributed by atoms with E-state index in [2.05, 4.69) is 17.4 Å². The first-order chi connectivity index (χ1) is 9.33. The van der Waals surface area contributed by atoms with Crippen LogP contribution >= 0.6 is 0 Å². The van der Waals surface area contributed by atoms with Crippen molar-refractivity contribution in [2.24, 2.45) is 0 Å². The minimum absolute atomic E-state index is 0.676. The van der Waals surface area contributed by atoms with Crippen LogP contribution in [0.3, 0.4) is 0 Å². The fourth-order valence-electron chi connectivity index (χ4n) is 2.72. The van der Waals surface area contributed by atoms with Crippen molar-refractivity contribution >= 4 is 0 Å². The van der Waals surface area contributed by atoms with Crippen LogP contribution in [-0.2, 0) is 6.42 Å². The molecule has 0 bridgehead atoms. The van der Waals surface area contributed by atoms with Gasteiger partial charge in [0.1, 0.15) is 0 Å². The molecule has 0 spiro atoms. The summed E-state index contributed by atoms with van der Waals surface area (Å²) in [5, 5.41) is 3.65. The fraction of sp³-hybridized carbons (Fsp3) is 0.625. The molecule has 0 saturated carbocycles. The molecule has 0 amide bonds. The van der Waals surface area contributed by atoms with E-state index in [1.165, 1.54) is 44.2 Å². The lowest BCUT2D eigenvalue weighted by Gasteiger charge is -2.16. The van der Waals surface area contributed by atoms with Crippen molar-refractivity contribution in [2.45, 2.75) is 44.6 Å². The monoisotopic (exact) mass is 263 g/mol. The summed E-state index contributed by atoms with van der Waals surface area (Å²) < 4.78 is 10.6. The molecule has 1 heterocycles. The molecule has 19 heavy (non-hydrogen) atoms. The van der Waals surface area contributed by atoms with E-state index in [9.17, 15) is 0 Å². The Kier molecular flexibility index (Phi) is 5.52. The Hall–Kier alpha value is -1.22. The normalized spacial score (nSPS) is 19.8. The molecular formula is C16H25NO2. The SMILES string of the molecule is COc1ccc(CCC2CCCCCN2)cc1OC. The number of ether oxygens (including phenoxy) is 2. The van der Waals surface area contributed by atoms with Gasteiger partial charge in [0.15, 0.2) is 11.5 Å². The third-order valence-corrected chi connectivity index (χ3v) is 3.89. The highest BCUT2D eigenvalue weighted by atomic mass is 16.5. The summed E-state index contributed by atoms with van der Waals surface area (Å²) >= 11 is 0. The van der Waals surface area contributed by atoms with Crippen LogP contribution in [0.2, 0.25) is 0 Å². The molecule has 1 aliphatic rings. The highest BCUT2D eigenvalue weighted by molar-refractivity contribution is 5.42. The summed E-state index contributed by atoms with van der Waals surface area (Å²) in [6, 6.07) is 6.90. The zero-order valence-electron chi connectivity index (χ0n) is 12.1. The molecule has 1 saturated heterocycles. The van der Waals surface area contributed by atoms with Crippen molar-refractivity contribution in [1.82, 2.24) is 5.32 Å². The van der Waals surface area contributed by atoms with Crippen molar-refractivity contribution in [3.63, 3.8) is 0 Å². The Morgan fingerprint density at radius 3 is 2.74 bits per heavy atom. The van der Waals surface area contributed by atoms with Crippen molar-refractivity contribution in [3.05, 3.63) is 23.8 Å². The summed E-state index contributed by atoms with van der Waals surface area (Å²) in [5.74, 6) is 1.63. The average molecular weight is 263 g/mol. The largest absolute Gasteiger partial charge is 0.493 e. The van der Waals surface area contributed by atoms with Crippen molar-refractivity contribution in [3.8, 4) is 11.5 Å². The highest BCUT2D eigenvalue weighted by Gasteiger charge is 2.12. The number of aryl methyl sites for hydroxylation is 1. The Balaban J connectivity index is 1.91. The summed E-state index contributed by atoms with van der Waals surface area (Å²) in [6.07, 6.45) is 7.68. The second kappa shape index (κ2) is 7.39. The molecule has 1 atom stereocenters. The molecule has 2 rings (SSSR count). The molecule has 3 nitrogen and oxygen atoms in total. The summed E-state index contributed by atoms with van der Waals surface area (Å²) in [6.45, 7) is 1.18. The smallest absolute Gasteiger partial charge is 0.160 e.